The smallest absolute Gasteiger partial charge is 0.289 e. The molecule has 0 aliphatic carbocycles. The van der Waals surface area contributed by atoms with Crippen LogP contribution in [0.1, 0.15) is 55.0 Å². The summed E-state index contributed by atoms with van der Waals surface area (Å²) in [5, 5.41) is 3.91. The van der Waals surface area contributed by atoms with Crippen LogP contribution in [0, 0.1) is 13.8 Å². The Morgan fingerprint density at radius 2 is 1.96 bits per heavy atom. The normalized spacial score (nSPS) is 15.8. The van der Waals surface area contributed by atoms with Gasteiger partial charge in [-0.05, 0) is 51.7 Å². The van der Waals surface area contributed by atoms with Gasteiger partial charge in [0.15, 0.2) is 5.65 Å². The molecule has 0 spiro atoms. The van der Waals surface area contributed by atoms with Crippen molar-refractivity contribution in [3.8, 4) is 0 Å². The lowest BCUT2D eigenvalue weighted by Gasteiger charge is -2.20. The average Bonchev–Trinajstić information content (AvgIpc) is 3.07. The summed E-state index contributed by atoms with van der Waals surface area (Å²) in [4.78, 5) is 28.4. The van der Waals surface area contributed by atoms with Gasteiger partial charge in [-0.2, -0.15) is 0 Å². The maximum atomic E-state index is 12.5. The molecule has 0 saturated carbocycles. The lowest BCUT2D eigenvalue weighted by molar-refractivity contribution is 0.0929. The van der Waals surface area contributed by atoms with Gasteiger partial charge >= 0.3 is 0 Å². The summed E-state index contributed by atoms with van der Waals surface area (Å²) in [6.45, 7) is 9.95. The number of hydrogen-bond acceptors (Lipinski definition) is 5. The Bertz CT molecular complexity index is 768. The van der Waals surface area contributed by atoms with E-state index in [1.807, 2.05) is 26.8 Å². The number of amides is 1. The molecule has 2 aromatic heterocycles. The molecule has 1 saturated heterocycles. The number of fused-ring (bicyclic) bond motifs is 1. The minimum Gasteiger partial charge on any atom is -0.356 e. The summed E-state index contributed by atoms with van der Waals surface area (Å²) in [7, 11) is 0. The van der Waals surface area contributed by atoms with Gasteiger partial charge in [0, 0.05) is 24.8 Å². The van der Waals surface area contributed by atoms with Crippen LogP contribution in [-0.2, 0) is 0 Å². The Labute approximate surface area is 142 Å². The highest BCUT2D eigenvalue weighted by Crippen LogP contribution is 2.29. The zero-order valence-electron chi connectivity index (χ0n) is 14.9. The topological polar surface area (TPSA) is 71.0 Å². The van der Waals surface area contributed by atoms with Gasteiger partial charge in [-0.25, -0.2) is 15.0 Å². The van der Waals surface area contributed by atoms with Crippen LogP contribution in [-0.4, -0.2) is 40.0 Å². The summed E-state index contributed by atoms with van der Waals surface area (Å²) in [6, 6.07) is 2.14. The number of anilines is 1. The quantitative estimate of drug-likeness (QED) is 0.935. The molecule has 1 N–H and O–H groups in total. The third kappa shape index (κ3) is 3.18. The largest absolute Gasteiger partial charge is 0.356 e. The Morgan fingerprint density at radius 3 is 2.62 bits per heavy atom. The number of nitrogens with zero attached hydrogens (tertiary/aromatic N) is 4. The van der Waals surface area contributed by atoms with Crippen molar-refractivity contribution in [2.45, 2.75) is 53.0 Å². The second-order valence-corrected chi connectivity index (χ2v) is 6.63. The van der Waals surface area contributed by atoms with E-state index in [0.29, 0.717) is 5.65 Å². The first-order chi connectivity index (χ1) is 11.5. The van der Waals surface area contributed by atoms with Crippen LogP contribution in [0.5, 0.6) is 0 Å². The Kier molecular flexibility index (Phi) is 4.64. The van der Waals surface area contributed by atoms with Crippen molar-refractivity contribution < 1.29 is 4.79 Å². The van der Waals surface area contributed by atoms with E-state index >= 15 is 0 Å². The predicted octanol–water partition coefficient (Wildman–Crippen LogP) is 2.77. The fourth-order valence-electron chi connectivity index (χ4n) is 3.11. The summed E-state index contributed by atoms with van der Waals surface area (Å²) < 4.78 is 0. The van der Waals surface area contributed by atoms with E-state index in [9.17, 15) is 4.79 Å². The second kappa shape index (κ2) is 6.71. The van der Waals surface area contributed by atoms with Crippen molar-refractivity contribution in [3.63, 3.8) is 0 Å². The molecule has 128 valence electrons. The maximum absolute atomic E-state index is 12.5. The molecule has 0 unspecified atom stereocenters. The van der Waals surface area contributed by atoms with Gasteiger partial charge in [0.2, 0.25) is 5.82 Å². The number of rotatable bonds is 4. The van der Waals surface area contributed by atoms with Crippen LogP contribution in [0.25, 0.3) is 11.0 Å². The molecule has 0 aromatic carbocycles. The van der Waals surface area contributed by atoms with Crippen molar-refractivity contribution in [1.29, 1.82) is 0 Å². The monoisotopic (exact) mass is 327 g/mol. The Hall–Kier alpha value is -2.24. The Balaban J connectivity index is 2.12. The fourth-order valence-corrected chi connectivity index (χ4v) is 3.11. The molecule has 1 aliphatic rings. The van der Waals surface area contributed by atoms with Gasteiger partial charge in [-0.1, -0.05) is 6.92 Å². The van der Waals surface area contributed by atoms with Crippen molar-refractivity contribution in [2.75, 3.05) is 18.0 Å². The molecule has 6 nitrogen and oxygen atoms in total. The van der Waals surface area contributed by atoms with Gasteiger partial charge in [0.25, 0.3) is 5.91 Å². The van der Waals surface area contributed by atoms with E-state index in [-0.39, 0.29) is 17.8 Å². The number of aromatic nitrogens is 3. The number of aryl methyl sites for hydroxylation is 2. The van der Waals surface area contributed by atoms with E-state index in [4.69, 9.17) is 0 Å². The average molecular weight is 327 g/mol. The van der Waals surface area contributed by atoms with Crippen LogP contribution < -0.4 is 10.2 Å². The highest BCUT2D eigenvalue weighted by molar-refractivity contribution is 5.97. The van der Waals surface area contributed by atoms with Crippen LogP contribution in [0.2, 0.25) is 0 Å². The zero-order valence-corrected chi connectivity index (χ0v) is 14.9. The molecule has 6 heteroatoms. The van der Waals surface area contributed by atoms with E-state index in [1.165, 1.54) is 0 Å². The molecule has 24 heavy (non-hydrogen) atoms. The first-order valence-electron chi connectivity index (χ1n) is 8.71. The van der Waals surface area contributed by atoms with Crippen molar-refractivity contribution in [3.05, 3.63) is 23.1 Å². The summed E-state index contributed by atoms with van der Waals surface area (Å²) in [6.07, 6.45) is 3.17. The number of hydrogen-bond donors (Lipinski definition) is 1. The molecule has 1 aliphatic heterocycles. The third-order valence-corrected chi connectivity index (χ3v) is 4.57. The van der Waals surface area contributed by atoms with E-state index in [1.54, 1.807) is 0 Å². The van der Waals surface area contributed by atoms with Crippen molar-refractivity contribution in [2.24, 2.45) is 0 Å². The lowest BCUT2D eigenvalue weighted by Crippen LogP contribution is -2.34. The fraction of sp³-hybridized carbons (Fsp3) is 0.556. The summed E-state index contributed by atoms with van der Waals surface area (Å²) in [5.74, 6) is 0.826. The molecule has 3 rings (SSSR count). The van der Waals surface area contributed by atoms with Gasteiger partial charge in [0.1, 0.15) is 5.82 Å². The van der Waals surface area contributed by atoms with Gasteiger partial charge in [-0.3, -0.25) is 4.79 Å². The molecule has 0 bridgehead atoms. The summed E-state index contributed by atoms with van der Waals surface area (Å²) in [5.41, 5.74) is 2.62. The molecular weight excluding hydrogens is 302 g/mol. The molecule has 1 amide bonds. The summed E-state index contributed by atoms with van der Waals surface area (Å²) >= 11 is 0. The molecule has 3 heterocycles. The molecule has 0 radical (unpaired) electrons. The van der Waals surface area contributed by atoms with Crippen LogP contribution in [0.4, 0.5) is 5.82 Å². The van der Waals surface area contributed by atoms with E-state index < -0.39 is 0 Å². The minimum absolute atomic E-state index is 0.0965. The second-order valence-electron chi connectivity index (χ2n) is 6.63. The predicted molar refractivity (Wildman–Crippen MR) is 95.5 cm³/mol. The number of pyridine rings is 1. The number of nitrogens with one attached hydrogen (secondary N) is 1. The van der Waals surface area contributed by atoms with Gasteiger partial charge in [0.05, 0.1) is 5.39 Å². The number of carbonyl (C=O) groups excluding carboxylic acids is 1. The van der Waals surface area contributed by atoms with Gasteiger partial charge < -0.3 is 10.2 Å². The number of carbonyl (C=O) groups is 1. The molecule has 2 aromatic rings. The Morgan fingerprint density at radius 1 is 1.25 bits per heavy atom. The van der Waals surface area contributed by atoms with E-state index in [2.05, 4.69) is 32.1 Å². The first kappa shape index (κ1) is 16.6. The zero-order chi connectivity index (χ0) is 17.3. The molecular formula is C18H25N5O. The SMILES string of the molecule is CC[C@H](C)NC(=O)c1nc(N2CCCC2)c2c(C)cc(C)nc2n1. The lowest BCUT2D eigenvalue weighted by atomic mass is 10.1. The van der Waals surface area contributed by atoms with Crippen molar-refractivity contribution >= 4 is 22.8 Å². The molecule has 1 atom stereocenters. The van der Waals surface area contributed by atoms with Crippen LogP contribution in [0.15, 0.2) is 6.07 Å². The third-order valence-electron chi connectivity index (χ3n) is 4.57. The minimum atomic E-state index is -0.229. The first-order valence-corrected chi connectivity index (χ1v) is 8.71. The highest BCUT2D eigenvalue weighted by atomic mass is 16.2. The van der Waals surface area contributed by atoms with Crippen LogP contribution >= 0.6 is 0 Å². The van der Waals surface area contributed by atoms with E-state index in [0.717, 1.165) is 54.8 Å². The van der Waals surface area contributed by atoms with Crippen LogP contribution in [0.3, 0.4) is 0 Å². The standard InChI is InChI=1S/C18H25N5O/c1-5-12(3)20-18(24)16-21-15-14(11(2)10-13(4)19-15)17(22-16)23-8-6-7-9-23/h10,12H,5-9H2,1-4H3,(H,20,24)/t12-/m0/s1. The maximum Gasteiger partial charge on any atom is 0.289 e. The highest BCUT2D eigenvalue weighted by Gasteiger charge is 2.22. The molecule has 1 fully saturated rings. The van der Waals surface area contributed by atoms with Crippen molar-refractivity contribution in [1.82, 2.24) is 20.3 Å². The van der Waals surface area contributed by atoms with Gasteiger partial charge in [-0.15, -0.1) is 0 Å².